The van der Waals surface area contributed by atoms with Gasteiger partial charge in [-0.25, -0.2) is 4.98 Å². The molecule has 1 unspecified atom stereocenters. The van der Waals surface area contributed by atoms with E-state index in [1.165, 1.54) is 22.3 Å². The van der Waals surface area contributed by atoms with Crippen molar-refractivity contribution in [3.63, 3.8) is 0 Å². The van der Waals surface area contributed by atoms with Gasteiger partial charge in [-0.3, -0.25) is 4.90 Å². The minimum atomic E-state index is 0.342. The second kappa shape index (κ2) is 6.23. The molecule has 22 heavy (non-hydrogen) atoms. The molecule has 4 nitrogen and oxygen atoms in total. The number of imidazole rings is 1. The van der Waals surface area contributed by atoms with Gasteiger partial charge in [-0.2, -0.15) is 0 Å². The van der Waals surface area contributed by atoms with Crippen molar-refractivity contribution < 1.29 is 0 Å². The summed E-state index contributed by atoms with van der Waals surface area (Å²) in [6, 6.07) is 4.93. The summed E-state index contributed by atoms with van der Waals surface area (Å²) in [5.41, 5.74) is 5.61. The number of hydrogen-bond acceptors (Lipinski definition) is 3. The Morgan fingerprint density at radius 2 is 1.95 bits per heavy atom. The molecule has 1 aliphatic rings. The summed E-state index contributed by atoms with van der Waals surface area (Å²) < 4.78 is 2.14. The van der Waals surface area contributed by atoms with Crippen molar-refractivity contribution >= 4 is 0 Å². The number of aromatic nitrogens is 2. The third kappa shape index (κ3) is 2.94. The van der Waals surface area contributed by atoms with Crippen LogP contribution >= 0.6 is 0 Å². The standard InChI is InChI=1S/C18H26N4/c1-13-9-14(2)16(15(3)10-13)12-22-8-5-19-11-17(22)18-20-6-7-21(18)4/h6-7,9-10,17,19H,5,8,11-12H2,1-4H3. The molecule has 0 amide bonds. The molecule has 0 radical (unpaired) electrons. The Morgan fingerprint density at radius 1 is 1.23 bits per heavy atom. The topological polar surface area (TPSA) is 33.1 Å². The van der Waals surface area contributed by atoms with Crippen molar-refractivity contribution in [3.8, 4) is 0 Å². The van der Waals surface area contributed by atoms with E-state index < -0.39 is 0 Å². The maximum atomic E-state index is 4.57. The van der Waals surface area contributed by atoms with Crippen molar-refractivity contribution in [1.82, 2.24) is 19.8 Å². The highest BCUT2D eigenvalue weighted by Crippen LogP contribution is 2.25. The van der Waals surface area contributed by atoms with Crippen LogP contribution in [-0.4, -0.2) is 34.1 Å². The fourth-order valence-corrected chi connectivity index (χ4v) is 3.55. The number of aryl methyl sites for hydroxylation is 4. The number of rotatable bonds is 3. The van der Waals surface area contributed by atoms with Crippen molar-refractivity contribution in [3.05, 3.63) is 52.6 Å². The Hall–Kier alpha value is -1.65. The maximum absolute atomic E-state index is 4.57. The van der Waals surface area contributed by atoms with E-state index in [4.69, 9.17) is 0 Å². The minimum absolute atomic E-state index is 0.342. The van der Waals surface area contributed by atoms with Crippen LogP contribution < -0.4 is 5.32 Å². The number of benzene rings is 1. The predicted octanol–water partition coefficient (Wildman–Crippen LogP) is 2.49. The van der Waals surface area contributed by atoms with Crippen LogP contribution in [0.4, 0.5) is 0 Å². The average molecular weight is 298 g/mol. The number of piperazine rings is 1. The fraction of sp³-hybridized carbons (Fsp3) is 0.500. The van der Waals surface area contributed by atoms with Crippen molar-refractivity contribution in [1.29, 1.82) is 0 Å². The summed E-state index contributed by atoms with van der Waals surface area (Å²) in [4.78, 5) is 7.13. The first kappa shape index (κ1) is 15.3. The Morgan fingerprint density at radius 3 is 2.59 bits per heavy atom. The molecule has 0 saturated carbocycles. The summed E-state index contributed by atoms with van der Waals surface area (Å²) in [7, 11) is 2.08. The summed E-state index contributed by atoms with van der Waals surface area (Å²) in [6.07, 6.45) is 3.93. The third-order valence-electron chi connectivity index (χ3n) is 4.71. The lowest BCUT2D eigenvalue weighted by Crippen LogP contribution is -2.46. The van der Waals surface area contributed by atoms with Crippen LogP contribution in [0.3, 0.4) is 0 Å². The second-order valence-electron chi connectivity index (χ2n) is 6.46. The normalized spacial score (nSPS) is 19.5. The zero-order valence-corrected chi connectivity index (χ0v) is 14.1. The van der Waals surface area contributed by atoms with Crippen LogP contribution in [0.25, 0.3) is 0 Å². The molecule has 3 rings (SSSR count). The van der Waals surface area contributed by atoms with E-state index in [1.807, 2.05) is 12.4 Å². The van der Waals surface area contributed by atoms with Crippen LogP contribution in [0.2, 0.25) is 0 Å². The maximum Gasteiger partial charge on any atom is 0.127 e. The lowest BCUT2D eigenvalue weighted by atomic mass is 9.98. The fourth-order valence-electron chi connectivity index (χ4n) is 3.55. The Bertz CT molecular complexity index is 636. The van der Waals surface area contributed by atoms with Crippen LogP contribution in [0, 0.1) is 20.8 Å². The summed E-state index contributed by atoms with van der Waals surface area (Å²) in [6.45, 7) is 10.7. The predicted molar refractivity (Wildman–Crippen MR) is 89.9 cm³/mol. The molecule has 2 heterocycles. The Labute approximate surface area is 133 Å². The molecule has 1 atom stereocenters. The van der Waals surface area contributed by atoms with Gasteiger partial charge in [0, 0.05) is 45.6 Å². The van der Waals surface area contributed by atoms with Gasteiger partial charge in [-0.1, -0.05) is 17.7 Å². The highest BCUT2D eigenvalue weighted by Gasteiger charge is 2.27. The molecular weight excluding hydrogens is 272 g/mol. The lowest BCUT2D eigenvalue weighted by Gasteiger charge is -2.36. The first-order chi connectivity index (χ1) is 10.6. The largest absolute Gasteiger partial charge is 0.337 e. The Kier molecular flexibility index (Phi) is 4.32. The van der Waals surface area contributed by atoms with E-state index in [0.29, 0.717) is 6.04 Å². The summed E-state index contributed by atoms with van der Waals surface area (Å²) in [5, 5.41) is 3.51. The number of nitrogens with one attached hydrogen (secondary N) is 1. The smallest absolute Gasteiger partial charge is 0.127 e. The van der Waals surface area contributed by atoms with Gasteiger partial charge < -0.3 is 9.88 Å². The van der Waals surface area contributed by atoms with Crippen LogP contribution in [-0.2, 0) is 13.6 Å². The van der Waals surface area contributed by atoms with E-state index in [-0.39, 0.29) is 0 Å². The molecule has 1 aliphatic heterocycles. The third-order valence-corrected chi connectivity index (χ3v) is 4.71. The second-order valence-corrected chi connectivity index (χ2v) is 6.46. The van der Waals surface area contributed by atoms with Gasteiger partial charge in [-0.05, 0) is 37.5 Å². The molecule has 1 saturated heterocycles. The summed E-state index contributed by atoms with van der Waals surface area (Å²) >= 11 is 0. The van der Waals surface area contributed by atoms with Gasteiger partial charge in [0.2, 0.25) is 0 Å². The van der Waals surface area contributed by atoms with Crippen LogP contribution in [0.5, 0.6) is 0 Å². The van der Waals surface area contributed by atoms with E-state index in [1.54, 1.807) is 0 Å². The number of nitrogens with zero attached hydrogens (tertiary/aromatic N) is 3. The molecule has 1 N–H and O–H groups in total. The quantitative estimate of drug-likeness (QED) is 0.945. The Balaban J connectivity index is 1.88. The molecule has 1 aromatic heterocycles. The van der Waals surface area contributed by atoms with Crippen molar-refractivity contribution in [2.45, 2.75) is 33.4 Å². The van der Waals surface area contributed by atoms with Gasteiger partial charge in [0.1, 0.15) is 5.82 Å². The number of hydrogen-bond donors (Lipinski definition) is 1. The van der Waals surface area contributed by atoms with E-state index in [9.17, 15) is 0 Å². The van der Waals surface area contributed by atoms with Crippen LogP contribution in [0.15, 0.2) is 24.5 Å². The van der Waals surface area contributed by atoms with Crippen molar-refractivity contribution in [2.24, 2.45) is 7.05 Å². The zero-order valence-electron chi connectivity index (χ0n) is 14.1. The highest BCUT2D eigenvalue weighted by molar-refractivity contribution is 5.37. The molecule has 1 fully saturated rings. The van der Waals surface area contributed by atoms with E-state index in [2.05, 4.69) is 59.7 Å². The summed E-state index contributed by atoms with van der Waals surface area (Å²) in [5.74, 6) is 1.15. The lowest BCUT2D eigenvalue weighted by molar-refractivity contribution is 0.144. The molecule has 1 aromatic carbocycles. The molecule has 2 aromatic rings. The molecule has 0 bridgehead atoms. The molecular formula is C18H26N4. The highest BCUT2D eigenvalue weighted by atomic mass is 15.3. The van der Waals surface area contributed by atoms with E-state index >= 15 is 0 Å². The molecule has 4 heteroatoms. The van der Waals surface area contributed by atoms with Gasteiger partial charge in [-0.15, -0.1) is 0 Å². The van der Waals surface area contributed by atoms with Gasteiger partial charge in [0.15, 0.2) is 0 Å². The first-order valence-electron chi connectivity index (χ1n) is 8.05. The SMILES string of the molecule is Cc1cc(C)c(CN2CCNCC2c2nccn2C)c(C)c1. The average Bonchev–Trinajstić information content (AvgIpc) is 2.89. The van der Waals surface area contributed by atoms with Crippen LogP contribution in [0.1, 0.15) is 34.1 Å². The minimum Gasteiger partial charge on any atom is -0.337 e. The molecule has 118 valence electrons. The first-order valence-corrected chi connectivity index (χ1v) is 8.05. The van der Waals surface area contributed by atoms with Gasteiger partial charge in [0.05, 0.1) is 6.04 Å². The molecule has 0 aliphatic carbocycles. The van der Waals surface area contributed by atoms with Gasteiger partial charge in [0.25, 0.3) is 0 Å². The van der Waals surface area contributed by atoms with Gasteiger partial charge >= 0.3 is 0 Å². The zero-order chi connectivity index (χ0) is 15.7. The monoisotopic (exact) mass is 298 g/mol. The van der Waals surface area contributed by atoms with E-state index in [0.717, 1.165) is 32.0 Å². The molecule has 0 spiro atoms. The van der Waals surface area contributed by atoms with Crippen molar-refractivity contribution in [2.75, 3.05) is 19.6 Å².